The molecule has 5 heteroatoms. The highest BCUT2D eigenvalue weighted by Crippen LogP contribution is 2.16. The molecule has 0 aliphatic heterocycles. The van der Waals surface area contributed by atoms with Crippen LogP contribution in [0.4, 0.5) is 0 Å². The Morgan fingerprint density at radius 1 is 1.14 bits per heavy atom. The van der Waals surface area contributed by atoms with Crippen LogP contribution in [0.5, 0.6) is 0 Å². The Kier molecular flexibility index (Phi) is 5.69. The summed E-state index contributed by atoms with van der Waals surface area (Å²) in [4.78, 5) is 12.2. The first-order valence-electron chi connectivity index (χ1n) is 6.79. The minimum atomic E-state index is -0.692. The number of rotatable bonds is 5. The first-order chi connectivity index (χ1) is 10.6. The second-order valence-electron chi connectivity index (χ2n) is 4.71. The number of nitrogens with zero attached hydrogens (tertiary/aromatic N) is 1. The molecule has 0 fully saturated rings. The van der Waals surface area contributed by atoms with Crippen LogP contribution in [-0.2, 0) is 9.53 Å². The standard InChI is InChI=1S/C17H17ClN2O2/c1-12(13-8-10-15(18)11-9-13)19-20-17(21)16(22-2)14-6-4-3-5-7-14/h3-11,16H,1-2H3,(H,20,21)/b19-12-/t16-/m0/s1. The van der Waals surface area contributed by atoms with Gasteiger partial charge in [-0.15, -0.1) is 0 Å². The van der Waals surface area contributed by atoms with Crippen LogP contribution in [0.1, 0.15) is 24.2 Å². The van der Waals surface area contributed by atoms with Gasteiger partial charge in [-0.25, -0.2) is 5.43 Å². The van der Waals surface area contributed by atoms with Crippen LogP contribution in [0.2, 0.25) is 5.02 Å². The number of methoxy groups -OCH3 is 1. The molecule has 2 aromatic carbocycles. The minimum absolute atomic E-state index is 0.318. The van der Waals surface area contributed by atoms with Gasteiger partial charge in [0.15, 0.2) is 6.10 Å². The molecule has 4 nitrogen and oxygen atoms in total. The first kappa shape index (κ1) is 16.2. The van der Waals surface area contributed by atoms with Crippen molar-refractivity contribution < 1.29 is 9.53 Å². The number of hydrogen-bond donors (Lipinski definition) is 1. The number of carbonyl (C=O) groups excluding carboxylic acids is 1. The van der Waals surface area contributed by atoms with E-state index in [0.29, 0.717) is 10.7 Å². The predicted molar refractivity (Wildman–Crippen MR) is 88.0 cm³/mol. The summed E-state index contributed by atoms with van der Waals surface area (Å²) in [6.45, 7) is 1.81. The normalized spacial score (nSPS) is 12.8. The smallest absolute Gasteiger partial charge is 0.273 e. The van der Waals surface area contributed by atoms with Crippen molar-refractivity contribution in [3.8, 4) is 0 Å². The van der Waals surface area contributed by atoms with E-state index in [0.717, 1.165) is 11.1 Å². The predicted octanol–water partition coefficient (Wildman–Crippen LogP) is 3.57. The molecule has 0 spiro atoms. The Morgan fingerprint density at radius 3 is 2.36 bits per heavy atom. The van der Waals surface area contributed by atoms with E-state index in [2.05, 4.69) is 10.5 Å². The highest BCUT2D eigenvalue weighted by Gasteiger charge is 2.19. The minimum Gasteiger partial charge on any atom is -0.367 e. The van der Waals surface area contributed by atoms with E-state index in [1.165, 1.54) is 7.11 Å². The Balaban J connectivity index is 2.07. The van der Waals surface area contributed by atoms with Crippen LogP contribution < -0.4 is 5.43 Å². The lowest BCUT2D eigenvalue weighted by Gasteiger charge is -2.14. The number of halogens is 1. The highest BCUT2D eigenvalue weighted by molar-refractivity contribution is 6.30. The molecular weight excluding hydrogens is 300 g/mol. The number of carbonyl (C=O) groups is 1. The van der Waals surface area contributed by atoms with Crippen LogP contribution in [0.3, 0.4) is 0 Å². The third kappa shape index (κ3) is 4.16. The van der Waals surface area contributed by atoms with E-state index in [9.17, 15) is 4.79 Å². The summed E-state index contributed by atoms with van der Waals surface area (Å²) >= 11 is 5.85. The fourth-order valence-corrected chi connectivity index (χ4v) is 2.10. The van der Waals surface area contributed by atoms with Crippen LogP contribution in [-0.4, -0.2) is 18.7 Å². The molecular formula is C17H17ClN2O2. The Bertz CT molecular complexity index is 654. The molecule has 114 valence electrons. The summed E-state index contributed by atoms with van der Waals surface area (Å²) in [5.74, 6) is -0.318. The van der Waals surface area contributed by atoms with Crippen LogP contribution in [0, 0.1) is 0 Å². The Hall–Kier alpha value is -2.17. The third-order valence-electron chi connectivity index (χ3n) is 3.17. The second kappa shape index (κ2) is 7.73. The van der Waals surface area contributed by atoms with Crippen molar-refractivity contribution in [3.63, 3.8) is 0 Å². The topological polar surface area (TPSA) is 50.7 Å². The number of ether oxygens (including phenoxy) is 1. The zero-order valence-electron chi connectivity index (χ0n) is 12.4. The second-order valence-corrected chi connectivity index (χ2v) is 5.14. The zero-order chi connectivity index (χ0) is 15.9. The number of hydrazone groups is 1. The summed E-state index contributed by atoms with van der Waals surface area (Å²) in [6.07, 6.45) is -0.692. The van der Waals surface area contributed by atoms with E-state index >= 15 is 0 Å². The van der Waals surface area contributed by atoms with Crippen molar-refractivity contribution >= 4 is 23.2 Å². The lowest BCUT2D eigenvalue weighted by Crippen LogP contribution is -2.27. The summed E-state index contributed by atoms with van der Waals surface area (Å²) in [7, 11) is 1.49. The molecule has 2 aromatic rings. The van der Waals surface area contributed by atoms with Crippen molar-refractivity contribution in [3.05, 3.63) is 70.7 Å². The lowest BCUT2D eigenvalue weighted by molar-refractivity contribution is -0.131. The van der Waals surface area contributed by atoms with Gasteiger partial charge in [-0.3, -0.25) is 4.79 Å². The number of benzene rings is 2. The van der Waals surface area contributed by atoms with Gasteiger partial charge in [-0.2, -0.15) is 5.10 Å². The van der Waals surface area contributed by atoms with Crippen molar-refractivity contribution in [1.29, 1.82) is 0 Å². The number of nitrogens with one attached hydrogen (secondary N) is 1. The van der Waals surface area contributed by atoms with Crippen LogP contribution in [0.25, 0.3) is 0 Å². The summed E-state index contributed by atoms with van der Waals surface area (Å²) in [5.41, 5.74) is 4.89. The fourth-order valence-electron chi connectivity index (χ4n) is 1.98. The molecule has 1 N–H and O–H groups in total. The van der Waals surface area contributed by atoms with Gasteiger partial charge in [0.2, 0.25) is 0 Å². The summed E-state index contributed by atoms with van der Waals surface area (Å²) < 4.78 is 5.25. The molecule has 0 radical (unpaired) electrons. The largest absolute Gasteiger partial charge is 0.367 e. The SMILES string of the molecule is CO[C@H](C(=O)N/N=C(/C)c1ccc(Cl)cc1)c1ccccc1. The quantitative estimate of drug-likeness (QED) is 0.677. The maximum Gasteiger partial charge on any atom is 0.273 e. The fraction of sp³-hybridized carbons (Fsp3) is 0.176. The lowest BCUT2D eigenvalue weighted by atomic mass is 10.1. The van der Waals surface area contributed by atoms with Gasteiger partial charge in [0.1, 0.15) is 0 Å². The summed E-state index contributed by atoms with van der Waals surface area (Å²) in [5, 5.41) is 4.77. The Morgan fingerprint density at radius 2 is 1.77 bits per heavy atom. The van der Waals surface area contributed by atoms with Gasteiger partial charge in [0.25, 0.3) is 5.91 Å². The molecule has 0 bridgehead atoms. The molecule has 1 amide bonds. The number of amides is 1. The first-order valence-corrected chi connectivity index (χ1v) is 7.17. The third-order valence-corrected chi connectivity index (χ3v) is 3.42. The van der Waals surface area contributed by atoms with Gasteiger partial charge in [-0.1, -0.05) is 54.1 Å². The molecule has 2 rings (SSSR count). The highest BCUT2D eigenvalue weighted by atomic mass is 35.5. The van der Waals surface area contributed by atoms with E-state index in [4.69, 9.17) is 16.3 Å². The molecule has 22 heavy (non-hydrogen) atoms. The molecule has 0 unspecified atom stereocenters. The Labute approximate surface area is 134 Å². The van der Waals surface area contributed by atoms with E-state index in [-0.39, 0.29) is 5.91 Å². The van der Waals surface area contributed by atoms with E-state index in [1.54, 1.807) is 12.1 Å². The van der Waals surface area contributed by atoms with Crippen LogP contribution in [0.15, 0.2) is 59.7 Å². The average molecular weight is 317 g/mol. The van der Waals surface area contributed by atoms with Crippen molar-refractivity contribution in [2.24, 2.45) is 5.10 Å². The molecule has 0 saturated carbocycles. The van der Waals surface area contributed by atoms with Crippen LogP contribution >= 0.6 is 11.6 Å². The maximum absolute atomic E-state index is 12.2. The molecule has 0 saturated heterocycles. The summed E-state index contributed by atoms with van der Waals surface area (Å²) in [6, 6.07) is 16.5. The van der Waals surface area contributed by atoms with Gasteiger partial charge in [0, 0.05) is 12.1 Å². The van der Waals surface area contributed by atoms with E-state index in [1.807, 2.05) is 49.4 Å². The number of hydrogen-bond acceptors (Lipinski definition) is 3. The molecule has 0 heterocycles. The average Bonchev–Trinajstić information content (AvgIpc) is 2.55. The maximum atomic E-state index is 12.2. The molecule has 0 aliphatic carbocycles. The van der Waals surface area contributed by atoms with Crippen molar-refractivity contribution in [2.45, 2.75) is 13.0 Å². The monoisotopic (exact) mass is 316 g/mol. The van der Waals surface area contributed by atoms with Gasteiger partial charge < -0.3 is 4.74 Å². The van der Waals surface area contributed by atoms with Crippen molar-refractivity contribution in [2.75, 3.05) is 7.11 Å². The van der Waals surface area contributed by atoms with Gasteiger partial charge in [-0.05, 0) is 30.2 Å². The molecule has 0 aromatic heterocycles. The van der Waals surface area contributed by atoms with Gasteiger partial charge >= 0.3 is 0 Å². The zero-order valence-corrected chi connectivity index (χ0v) is 13.2. The molecule has 1 atom stereocenters. The molecule has 0 aliphatic rings. The van der Waals surface area contributed by atoms with Gasteiger partial charge in [0.05, 0.1) is 5.71 Å². The van der Waals surface area contributed by atoms with E-state index < -0.39 is 6.10 Å². The van der Waals surface area contributed by atoms with Crippen molar-refractivity contribution in [1.82, 2.24) is 5.43 Å².